The van der Waals surface area contributed by atoms with E-state index in [2.05, 4.69) is 4.72 Å². The third kappa shape index (κ3) is 4.25. The third-order valence-electron chi connectivity index (χ3n) is 3.77. The van der Waals surface area contributed by atoms with Crippen molar-refractivity contribution in [3.8, 4) is 11.1 Å². The van der Waals surface area contributed by atoms with Crippen molar-refractivity contribution in [3.05, 3.63) is 94.5 Å². The van der Waals surface area contributed by atoms with Crippen molar-refractivity contribution in [2.45, 2.75) is 5.75 Å². The van der Waals surface area contributed by atoms with Crippen molar-refractivity contribution < 1.29 is 13.3 Å². The third-order valence-corrected chi connectivity index (χ3v) is 5.03. The Balaban J connectivity index is 1.79. The van der Waals surface area contributed by atoms with Crippen molar-refractivity contribution in [1.82, 2.24) is 0 Å². The van der Waals surface area contributed by atoms with E-state index in [-0.39, 0.29) is 11.4 Å². The second kappa shape index (κ2) is 7.37. The van der Waals surface area contributed by atoms with Gasteiger partial charge in [-0.15, -0.1) is 0 Å². The lowest BCUT2D eigenvalue weighted by Gasteiger charge is -2.09. The minimum Gasteiger partial charge on any atom is -0.283 e. The van der Waals surface area contributed by atoms with Crippen LogP contribution >= 0.6 is 0 Å². The summed E-state index contributed by atoms with van der Waals surface area (Å²) in [4.78, 5) is 10.7. The minimum absolute atomic E-state index is 0.00454. The van der Waals surface area contributed by atoms with Gasteiger partial charge in [0.15, 0.2) is 0 Å². The lowest BCUT2D eigenvalue weighted by molar-refractivity contribution is -0.384. The van der Waals surface area contributed by atoms with E-state index in [1.807, 2.05) is 6.07 Å². The van der Waals surface area contributed by atoms with Crippen molar-refractivity contribution >= 4 is 21.4 Å². The number of hydrogen-bond acceptors (Lipinski definition) is 4. The highest BCUT2D eigenvalue weighted by atomic mass is 32.2. The second-order valence-corrected chi connectivity index (χ2v) is 7.42. The Hall–Kier alpha value is -3.19. The van der Waals surface area contributed by atoms with Gasteiger partial charge in [-0.1, -0.05) is 54.6 Å². The van der Waals surface area contributed by atoms with E-state index in [9.17, 15) is 18.5 Å². The van der Waals surface area contributed by atoms with Crippen LogP contribution in [0.25, 0.3) is 11.1 Å². The van der Waals surface area contributed by atoms with Crippen LogP contribution in [-0.2, 0) is 15.8 Å². The fourth-order valence-corrected chi connectivity index (χ4v) is 3.80. The molecule has 0 aliphatic heterocycles. The average Bonchev–Trinajstić information content (AvgIpc) is 2.62. The summed E-state index contributed by atoms with van der Waals surface area (Å²) in [6.07, 6.45) is 0. The molecule has 132 valence electrons. The molecule has 0 saturated carbocycles. The summed E-state index contributed by atoms with van der Waals surface area (Å²) < 4.78 is 27.1. The van der Waals surface area contributed by atoms with E-state index in [4.69, 9.17) is 0 Å². The number of nitro groups is 1. The van der Waals surface area contributed by atoms with Crippen LogP contribution in [0.15, 0.2) is 78.9 Å². The fourth-order valence-electron chi connectivity index (χ4n) is 2.60. The summed E-state index contributed by atoms with van der Waals surface area (Å²) >= 11 is 0. The molecule has 7 heteroatoms. The molecule has 0 aliphatic rings. The zero-order chi connectivity index (χ0) is 18.6. The number of anilines is 1. The minimum atomic E-state index is -3.55. The van der Waals surface area contributed by atoms with Gasteiger partial charge in [0.2, 0.25) is 10.0 Å². The summed E-state index contributed by atoms with van der Waals surface area (Å²) in [7, 11) is -3.55. The molecule has 0 fully saturated rings. The smallest absolute Gasteiger partial charge is 0.277 e. The SMILES string of the molecule is O=[N+]([O-])c1ccccc1-c1ccc(NS(=O)(=O)Cc2ccccc2)cc1. The topological polar surface area (TPSA) is 89.3 Å². The van der Waals surface area contributed by atoms with Crippen LogP contribution < -0.4 is 4.72 Å². The van der Waals surface area contributed by atoms with Crippen LogP contribution in [0.2, 0.25) is 0 Å². The van der Waals surface area contributed by atoms with E-state index in [1.54, 1.807) is 66.7 Å². The largest absolute Gasteiger partial charge is 0.283 e. The maximum absolute atomic E-state index is 12.3. The number of rotatable bonds is 6. The van der Waals surface area contributed by atoms with Gasteiger partial charge in [-0.2, -0.15) is 0 Å². The number of hydrogen-bond donors (Lipinski definition) is 1. The molecule has 1 N–H and O–H groups in total. The lowest BCUT2D eigenvalue weighted by Crippen LogP contribution is -2.14. The van der Waals surface area contributed by atoms with Crippen LogP contribution in [0.3, 0.4) is 0 Å². The number of sulfonamides is 1. The van der Waals surface area contributed by atoms with Gasteiger partial charge in [0.25, 0.3) is 5.69 Å². The predicted octanol–water partition coefficient (Wildman–Crippen LogP) is 4.20. The Bertz CT molecular complexity index is 1020. The van der Waals surface area contributed by atoms with E-state index >= 15 is 0 Å². The number of benzene rings is 3. The Morgan fingerprint density at radius 1 is 0.846 bits per heavy atom. The molecule has 0 radical (unpaired) electrons. The van der Waals surface area contributed by atoms with Gasteiger partial charge in [-0.25, -0.2) is 8.42 Å². The van der Waals surface area contributed by atoms with Crippen LogP contribution in [0.4, 0.5) is 11.4 Å². The molecule has 0 heterocycles. The summed E-state index contributed by atoms with van der Waals surface area (Å²) in [6.45, 7) is 0. The molecule has 3 rings (SSSR count). The monoisotopic (exact) mass is 368 g/mol. The quantitative estimate of drug-likeness (QED) is 0.521. The maximum atomic E-state index is 12.3. The fraction of sp³-hybridized carbons (Fsp3) is 0.0526. The Labute approximate surface area is 151 Å². The van der Waals surface area contributed by atoms with Crippen molar-refractivity contribution in [1.29, 1.82) is 0 Å². The van der Waals surface area contributed by atoms with Crippen molar-refractivity contribution in [2.24, 2.45) is 0 Å². The molecule has 0 unspecified atom stereocenters. The number of nitro benzene ring substituents is 1. The van der Waals surface area contributed by atoms with Gasteiger partial charge in [0, 0.05) is 11.8 Å². The molecule has 0 bridgehead atoms. The number of nitrogens with one attached hydrogen (secondary N) is 1. The van der Waals surface area contributed by atoms with E-state index in [1.165, 1.54) is 6.07 Å². The summed E-state index contributed by atoms with van der Waals surface area (Å²) in [5.41, 5.74) is 2.23. The van der Waals surface area contributed by atoms with Crippen molar-refractivity contribution in [2.75, 3.05) is 4.72 Å². The van der Waals surface area contributed by atoms with Crippen LogP contribution in [0.1, 0.15) is 5.56 Å². The summed E-state index contributed by atoms with van der Waals surface area (Å²) in [5, 5.41) is 11.1. The Morgan fingerprint density at radius 2 is 1.46 bits per heavy atom. The molecule has 0 saturated heterocycles. The highest BCUT2D eigenvalue weighted by Crippen LogP contribution is 2.30. The van der Waals surface area contributed by atoms with Gasteiger partial charge in [-0.3, -0.25) is 14.8 Å². The average molecular weight is 368 g/mol. The molecular weight excluding hydrogens is 352 g/mol. The lowest BCUT2D eigenvalue weighted by atomic mass is 10.0. The second-order valence-electron chi connectivity index (χ2n) is 5.70. The number of nitrogens with zero attached hydrogens (tertiary/aromatic N) is 1. The highest BCUT2D eigenvalue weighted by Gasteiger charge is 2.15. The molecule has 0 amide bonds. The van der Waals surface area contributed by atoms with Gasteiger partial charge >= 0.3 is 0 Å². The normalized spacial score (nSPS) is 11.1. The van der Waals surface area contributed by atoms with Crippen LogP contribution in [-0.4, -0.2) is 13.3 Å². The predicted molar refractivity (Wildman–Crippen MR) is 101 cm³/mol. The Morgan fingerprint density at radius 3 is 2.12 bits per heavy atom. The number of para-hydroxylation sites is 1. The molecule has 0 spiro atoms. The molecule has 0 atom stereocenters. The summed E-state index contributed by atoms with van der Waals surface area (Å²) in [5.74, 6) is -0.125. The zero-order valence-electron chi connectivity index (χ0n) is 13.7. The van der Waals surface area contributed by atoms with Crippen LogP contribution in [0.5, 0.6) is 0 Å². The molecule has 3 aromatic rings. The first-order valence-electron chi connectivity index (χ1n) is 7.83. The van der Waals surface area contributed by atoms with E-state index < -0.39 is 14.9 Å². The maximum Gasteiger partial charge on any atom is 0.277 e. The zero-order valence-corrected chi connectivity index (χ0v) is 14.5. The highest BCUT2D eigenvalue weighted by molar-refractivity contribution is 7.91. The standard InChI is InChI=1S/C19H16N2O4S/c22-21(23)19-9-5-4-8-18(19)16-10-12-17(13-11-16)20-26(24,25)14-15-6-2-1-3-7-15/h1-13,20H,14H2. The van der Waals surface area contributed by atoms with Gasteiger partial charge in [0.1, 0.15) is 0 Å². The summed E-state index contributed by atoms with van der Waals surface area (Å²) in [6, 6.07) is 21.8. The first kappa shape index (κ1) is 17.6. The first-order chi connectivity index (χ1) is 12.4. The van der Waals surface area contributed by atoms with Crippen molar-refractivity contribution in [3.63, 3.8) is 0 Å². The molecule has 26 heavy (non-hydrogen) atoms. The van der Waals surface area contributed by atoms with Gasteiger partial charge < -0.3 is 0 Å². The van der Waals surface area contributed by atoms with Gasteiger partial charge in [0.05, 0.1) is 16.2 Å². The van der Waals surface area contributed by atoms with E-state index in [0.29, 0.717) is 22.4 Å². The van der Waals surface area contributed by atoms with Crippen LogP contribution in [0, 0.1) is 10.1 Å². The molecule has 0 aliphatic carbocycles. The van der Waals surface area contributed by atoms with Gasteiger partial charge in [-0.05, 0) is 29.3 Å². The molecule has 6 nitrogen and oxygen atoms in total. The molecular formula is C19H16N2O4S. The Kier molecular flexibility index (Phi) is 4.99. The molecule has 0 aromatic heterocycles. The van der Waals surface area contributed by atoms with E-state index in [0.717, 1.165) is 0 Å². The first-order valence-corrected chi connectivity index (χ1v) is 9.48. The molecule has 3 aromatic carbocycles.